The number of halogens is 1. The third-order valence-electron chi connectivity index (χ3n) is 2.87. The molecule has 7 heteroatoms. The van der Waals surface area contributed by atoms with Crippen LogP contribution in [0.25, 0.3) is 10.8 Å². The molecule has 0 unspecified atom stereocenters. The van der Waals surface area contributed by atoms with Crippen molar-refractivity contribution in [2.75, 3.05) is 5.32 Å². The molecule has 6 nitrogen and oxygen atoms in total. The molecule has 1 amide bonds. The van der Waals surface area contributed by atoms with Crippen molar-refractivity contribution < 1.29 is 9.18 Å². The maximum Gasteiger partial charge on any atom is 0.277 e. The van der Waals surface area contributed by atoms with Crippen LogP contribution in [0.4, 0.5) is 10.2 Å². The van der Waals surface area contributed by atoms with Crippen molar-refractivity contribution in [2.45, 2.75) is 0 Å². The molecule has 2 N–H and O–H groups in total. The van der Waals surface area contributed by atoms with Crippen molar-refractivity contribution >= 4 is 22.5 Å². The number of hydrogen-bond donors (Lipinski definition) is 2. The first kappa shape index (κ1) is 12.9. The zero-order valence-corrected chi connectivity index (χ0v) is 10.6. The Morgan fingerprint density at radius 3 is 2.62 bits per heavy atom. The predicted octanol–water partition coefficient (Wildman–Crippen LogP) is 1.71. The van der Waals surface area contributed by atoms with E-state index in [0.717, 1.165) is 0 Å². The molecule has 1 aromatic carbocycles. The maximum atomic E-state index is 13.0. The van der Waals surface area contributed by atoms with Crippen molar-refractivity contribution in [3.63, 3.8) is 0 Å². The van der Waals surface area contributed by atoms with Gasteiger partial charge in [0.15, 0.2) is 5.69 Å². The summed E-state index contributed by atoms with van der Waals surface area (Å²) >= 11 is 0. The van der Waals surface area contributed by atoms with Gasteiger partial charge < -0.3 is 5.32 Å². The molecule has 3 aromatic rings. The maximum absolute atomic E-state index is 13.0. The number of anilines is 1. The number of nitrogens with zero attached hydrogens (tertiary/aromatic N) is 2. The molecular weight excluding hydrogens is 275 g/mol. The van der Waals surface area contributed by atoms with Gasteiger partial charge in [0, 0.05) is 5.39 Å². The Balaban J connectivity index is 2.03. The summed E-state index contributed by atoms with van der Waals surface area (Å²) in [6.45, 7) is 0. The normalized spacial score (nSPS) is 10.5. The van der Waals surface area contributed by atoms with E-state index in [-0.39, 0.29) is 17.1 Å². The molecule has 2 heterocycles. The summed E-state index contributed by atoms with van der Waals surface area (Å²) in [5.74, 6) is -1.22. The second-order valence-corrected chi connectivity index (χ2v) is 4.25. The van der Waals surface area contributed by atoms with E-state index >= 15 is 0 Å². The van der Waals surface area contributed by atoms with Gasteiger partial charge in [0.1, 0.15) is 5.82 Å². The standard InChI is InChI=1S/C14H9FN4O2/c15-10-6-3-7-11(16-10)17-14(21)12-8-4-1-2-5-9(8)13(20)19-18-12/h1-7H,(H,19,20)(H,16,17,21). The van der Waals surface area contributed by atoms with Gasteiger partial charge in [-0.1, -0.05) is 24.3 Å². The number of aromatic nitrogens is 3. The summed E-state index contributed by atoms with van der Waals surface area (Å²) < 4.78 is 13.0. The summed E-state index contributed by atoms with van der Waals surface area (Å²) in [4.78, 5) is 27.4. The van der Waals surface area contributed by atoms with Gasteiger partial charge in [-0.2, -0.15) is 9.49 Å². The first-order valence-electron chi connectivity index (χ1n) is 6.06. The molecule has 0 radical (unpaired) electrons. The van der Waals surface area contributed by atoms with Crippen molar-refractivity contribution in [1.29, 1.82) is 0 Å². The molecular formula is C14H9FN4O2. The zero-order chi connectivity index (χ0) is 14.8. The molecule has 3 rings (SSSR count). The van der Waals surface area contributed by atoms with E-state index in [1.807, 2.05) is 0 Å². The Kier molecular flexibility index (Phi) is 3.15. The van der Waals surface area contributed by atoms with Gasteiger partial charge in [-0.15, -0.1) is 0 Å². The molecule has 104 valence electrons. The van der Waals surface area contributed by atoms with Crippen LogP contribution in [0, 0.1) is 5.95 Å². The van der Waals surface area contributed by atoms with Crippen molar-refractivity contribution in [3.05, 3.63) is 64.5 Å². The van der Waals surface area contributed by atoms with Crippen LogP contribution in [-0.2, 0) is 0 Å². The number of aromatic amines is 1. The number of hydrogen-bond acceptors (Lipinski definition) is 4. The quantitative estimate of drug-likeness (QED) is 0.701. The first-order valence-corrected chi connectivity index (χ1v) is 6.06. The van der Waals surface area contributed by atoms with E-state index < -0.39 is 11.9 Å². The Morgan fingerprint density at radius 1 is 1.10 bits per heavy atom. The second-order valence-electron chi connectivity index (χ2n) is 4.25. The van der Waals surface area contributed by atoms with Crippen LogP contribution in [0.1, 0.15) is 10.5 Å². The summed E-state index contributed by atoms with van der Waals surface area (Å²) in [5, 5.41) is 9.21. The van der Waals surface area contributed by atoms with E-state index in [9.17, 15) is 14.0 Å². The van der Waals surface area contributed by atoms with E-state index in [4.69, 9.17) is 0 Å². The average molecular weight is 284 g/mol. The molecule has 0 saturated carbocycles. The summed E-state index contributed by atoms with van der Waals surface area (Å²) in [5.41, 5.74) is -0.345. The molecule has 2 aromatic heterocycles. The molecule has 0 atom stereocenters. The van der Waals surface area contributed by atoms with E-state index in [0.29, 0.717) is 10.8 Å². The highest BCUT2D eigenvalue weighted by molar-refractivity contribution is 6.10. The third kappa shape index (κ3) is 2.48. The molecule has 0 aliphatic carbocycles. The van der Waals surface area contributed by atoms with Gasteiger partial charge in [0.05, 0.1) is 5.39 Å². The lowest BCUT2D eigenvalue weighted by Crippen LogP contribution is -2.19. The van der Waals surface area contributed by atoms with Crippen molar-refractivity contribution in [3.8, 4) is 0 Å². The smallest absolute Gasteiger partial charge is 0.277 e. The summed E-state index contributed by atoms with van der Waals surface area (Å²) in [6, 6.07) is 10.6. The number of benzene rings is 1. The monoisotopic (exact) mass is 284 g/mol. The van der Waals surface area contributed by atoms with Crippen LogP contribution < -0.4 is 10.9 Å². The lowest BCUT2D eigenvalue weighted by atomic mass is 10.1. The van der Waals surface area contributed by atoms with E-state index in [1.165, 1.54) is 18.2 Å². The number of carbonyl (C=O) groups is 1. The highest BCUT2D eigenvalue weighted by atomic mass is 19.1. The number of pyridine rings is 1. The summed E-state index contributed by atoms with van der Waals surface area (Å²) in [7, 11) is 0. The predicted molar refractivity (Wildman–Crippen MR) is 74.5 cm³/mol. The lowest BCUT2D eigenvalue weighted by Gasteiger charge is -2.05. The van der Waals surface area contributed by atoms with E-state index in [1.54, 1.807) is 24.3 Å². The fourth-order valence-corrected chi connectivity index (χ4v) is 1.94. The largest absolute Gasteiger partial charge is 0.305 e. The Labute approximate surface area is 117 Å². The highest BCUT2D eigenvalue weighted by Gasteiger charge is 2.14. The minimum Gasteiger partial charge on any atom is -0.305 e. The first-order chi connectivity index (χ1) is 10.1. The Morgan fingerprint density at radius 2 is 1.86 bits per heavy atom. The van der Waals surface area contributed by atoms with Crippen LogP contribution in [-0.4, -0.2) is 21.1 Å². The van der Waals surface area contributed by atoms with Gasteiger partial charge in [-0.25, -0.2) is 10.1 Å². The van der Waals surface area contributed by atoms with Gasteiger partial charge in [0.2, 0.25) is 5.95 Å². The van der Waals surface area contributed by atoms with Gasteiger partial charge >= 0.3 is 0 Å². The number of H-pyrrole nitrogens is 1. The lowest BCUT2D eigenvalue weighted by molar-refractivity contribution is 0.102. The average Bonchev–Trinajstić information content (AvgIpc) is 2.48. The van der Waals surface area contributed by atoms with Crippen LogP contribution in [0.2, 0.25) is 0 Å². The van der Waals surface area contributed by atoms with Crippen molar-refractivity contribution in [2.24, 2.45) is 0 Å². The highest BCUT2D eigenvalue weighted by Crippen LogP contribution is 2.14. The zero-order valence-electron chi connectivity index (χ0n) is 10.6. The van der Waals surface area contributed by atoms with Crippen LogP contribution in [0.15, 0.2) is 47.3 Å². The number of carbonyl (C=O) groups excluding carboxylic acids is 1. The molecule has 0 bridgehead atoms. The Bertz CT molecular complexity index is 891. The van der Waals surface area contributed by atoms with Gasteiger partial charge in [0.25, 0.3) is 11.5 Å². The van der Waals surface area contributed by atoms with Gasteiger partial charge in [-0.05, 0) is 18.2 Å². The molecule has 0 aliphatic heterocycles. The second kappa shape index (κ2) is 5.12. The molecule has 0 fully saturated rings. The fourth-order valence-electron chi connectivity index (χ4n) is 1.94. The van der Waals surface area contributed by atoms with Gasteiger partial charge in [-0.3, -0.25) is 9.59 Å². The minimum absolute atomic E-state index is 0.0382. The van der Waals surface area contributed by atoms with Crippen LogP contribution in [0.5, 0.6) is 0 Å². The van der Waals surface area contributed by atoms with Crippen LogP contribution >= 0.6 is 0 Å². The third-order valence-corrected chi connectivity index (χ3v) is 2.87. The molecule has 0 spiro atoms. The molecule has 0 aliphatic rings. The fraction of sp³-hybridized carbons (Fsp3) is 0. The topological polar surface area (TPSA) is 87.7 Å². The molecule has 21 heavy (non-hydrogen) atoms. The minimum atomic E-state index is -0.702. The molecule has 0 saturated heterocycles. The van der Waals surface area contributed by atoms with E-state index in [2.05, 4.69) is 20.5 Å². The number of nitrogens with one attached hydrogen (secondary N) is 2. The number of amides is 1. The number of rotatable bonds is 2. The Hall–Kier alpha value is -3.09. The van der Waals surface area contributed by atoms with Crippen LogP contribution in [0.3, 0.4) is 0 Å². The summed E-state index contributed by atoms with van der Waals surface area (Å²) in [6.07, 6.45) is 0. The van der Waals surface area contributed by atoms with Crippen molar-refractivity contribution in [1.82, 2.24) is 15.2 Å². The SMILES string of the molecule is O=C(Nc1cccc(F)n1)c1n[nH]c(=O)c2ccccc12. The number of fused-ring (bicyclic) bond motifs is 1.